The van der Waals surface area contributed by atoms with Crippen molar-refractivity contribution in [3.8, 4) is 0 Å². The first-order valence-corrected chi connectivity index (χ1v) is 7.11. The fourth-order valence-electron chi connectivity index (χ4n) is 2.68. The number of carboxylic acids is 1. The van der Waals surface area contributed by atoms with Crippen molar-refractivity contribution in [2.45, 2.75) is 44.2 Å². The lowest BCUT2D eigenvalue weighted by atomic mass is 9.82. The van der Waals surface area contributed by atoms with Crippen LogP contribution in [-0.4, -0.2) is 39.0 Å². The van der Waals surface area contributed by atoms with Gasteiger partial charge in [-0.1, -0.05) is 0 Å². The van der Waals surface area contributed by atoms with Crippen LogP contribution in [-0.2, 0) is 4.79 Å². The number of hydrogen-bond donors (Lipinski definition) is 3. The monoisotopic (exact) mass is 292 g/mol. The van der Waals surface area contributed by atoms with E-state index in [4.69, 9.17) is 10.8 Å². The van der Waals surface area contributed by atoms with Crippen molar-refractivity contribution in [1.29, 1.82) is 0 Å². The lowest BCUT2D eigenvalue weighted by Crippen LogP contribution is -2.39. The van der Waals surface area contributed by atoms with Gasteiger partial charge in [0.05, 0.1) is 6.20 Å². The van der Waals surface area contributed by atoms with Crippen molar-refractivity contribution in [3.05, 3.63) is 24.3 Å². The van der Waals surface area contributed by atoms with Gasteiger partial charge in [0, 0.05) is 18.4 Å². The van der Waals surface area contributed by atoms with Crippen LogP contribution in [0, 0.1) is 5.92 Å². The van der Waals surface area contributed by atoms with Crippen LogP contribution < -0.4 is 11.1 Å². The molecule has 1 saturated carbocycles. The predicted molar refractivity (Wildman–Crippen MR) is 75.5 cm³/mol. The summed E-state index contributed by atoms with van der Waals surface area (Å²) in [6.07, 6.45) is 8.38. The Labute approximate surface area is 123 Å². The highest BCUT2D eigenvalue weighted by Gasteiger charge is 2.26. The van der Waals surface area contributed by atoms with E-state index in [-0.39, 0.29) is 11.9 Å². The zero-order chi connectivity index (χ0) is 15.2. The minimum atomic E-state index is -0.951. The van der Waals surface area contributed by atoms with Crippen LogP contribution in [0.1, 0.15) is 42.6 Å². The molecule has 1 aliphatic rings. The Morgan fingerprint density at radius 3 is 2.62 bits per heavy atom. The molecule has 7 nitrogen and oxygen atoms in total. The second kappa shape index (κ2) is 7.12. The third kappa shape index (κ3) is 4.49. The standard InChI is InChI=1S/C14H20N4O3/c15-11(14(20)21)7-9-1-3-10(4-2-9)18-13(19)12-8-16-5-6-17-12/h5-6,8-11H,1-4,7,15H2,(H,18,19)(H,20,21). The predicted octanol–water partition coefficient (Wildman–Crippen LogP) is 0.567. The van der Waals surface area contributed by atoms with E-state index in [2.05, 4.69) is 15.3 Å². The summed E-state index contributed by atoms with van der Waals surface area (Å²) in [5.74, 6) is -0.845. The van der Waals surface area contributed by atoms with Gasteiger partial charge in [-0.2, -0.15) is 0 Å². The molecule has 1 heterocycles. The van der Waals surface area contributed by atoms with Crippen LogP contribution in [0.2, 0.25) is 0 Å². The number of carboxylic acid groups (broad SMARTS) is 1. The molecule has 1 fully saturated rings. The SMILES string of the molecule is NC(CC1CCC(NC(=O)c2cnccn2)CC1)C(=O)O. The van der Waals surface area contributed by atoms with Crippen molar-refractivity contribution in [2.24, 2.45) is 11.7 Å². The summed E-state index contributed by atoms with van der Waals surface area (Å²) in [6, 6.07) is -0.683. The van der Waals surface area contributed by atoms with Crippen LogP contribution in [0.15, 0.2) is 18.6 Å². The minimum absolute atomic E-state index is 0.108. The van der Waals surface area contributed by atoms with Gasteiger partial charge in [0.15, 0.2) is 0 Å². The lowest BCUT2D eigenvalue weighted by Gasteiger charge is -2.29. The molecular weight excluding hydrogens is 272 g/mol. The summed E-state index contributed by atoms with van der Waals surface area (Å²) in [6.45, 7) is 0. The minimum Gasteiger partial charge on any atom is -0.480 e. The average molecular weight is 292 g/mol. The van der Waals surface area contributed by atoms with Crippen molar-refractivity contribution in [2.75, 3.05) is 0 Å². The van der Waals surface area contributed by atoms with Gasteiger partial charge in [-0.05, 0) is 38.0 Å². The van der Waals surface area contributed by atoms with Crippen LogP contribution in [0.3, 0.4) is 0 Å². The number of carbonyl (C=O) groups is 2. The number of nitrogens with zero attached hydrogens (tertiary/aromatic N) is 2. The van der Waals surface area contributed by atoms with E-state index in [9.17, 15) is 9.59 Å². The molecule has 0 spiro atoms. The van der Waals surface area contributed by atoms with Gasteiger partial charge in [-0.15, -0.1) is 0 Å². The summed E-state index contributed by atoms with van der Waals surface area (Å²) in [5, 5.41) is 11.8. The number of aliphatic carboxylic acids is 1. The smallest absolute Gasteiger partial charge is 0.320 e. The quantitative estimate of drug-likeness (QED) is 0.730. The number of amides is 1. The van der Waals surface area contributed by atoms with E-state index >= 15 is 0 Å². The highest BCUT2D eigenvalue weighted by Crippen LogP contribution is 2.27. The summed E-state index contributed by atoms with van der Waals surface area (Å²) >= 11 is 0. The maximum Gasteiger partial charge on any atom is 0.320 e. The van der Waals surface area contributed by atoms with E-state index < -0.39 is 12.0 Å². The number of rotatable bonds is 5. The number of nitrogens with one attached hydrogen (secondary N) is 1. The Balaban J connectivity index is 1.77. The molecule has 0 radical (unpaired) electrons. The Hall–Kier alpha value is -2.02. The number of hydrogen-bond acceptors (Lipinski definition) is 5. The van der Waals surface area contributed by atoms with Gasteiger partial charge in [0.1, 0.15) is 11.7 Å². The molecule has 4 N–H and O–H groups in total. The molecule has 1 aliphatic carbocycles. The van der Waals surface area contributed by atoms with Crippen LogP contribution >= 0.6 is 0 Å². The molecule has 0 bridgehead atoms. The van der Waals surface area contributed by atoms with E-state index in [1.807, 2.05) is 0 Å². The Bertz CT molecular complexity index is 486. The van der Waals surface area contributed by atoms with Crippen molar-refractivity contribution < 1.29 is 14.7 Å². The second-order valence-electron chi connectivity index (χ2n) is 5.46. The normalized spacial score (nSPS) is 23.3. The fraction of sp³-hybridized carbons (Fsp3) is 0.571. The van der Waals surface area contributed by atoms with Gasteiger partial charge < -0.3 is 16.2 Å². The molecule has 1 aromatic heterocycles. The van der Waals surface area contributed by atoms with Crippen molar-refractivity contribution in [1.82, 2.24) is 15.3 Å². The number of carbonyl (C=O) groups excluding carboxylic acids is 1. The molecule has 1 aromatic rings. The van der Waals surface area contributed by atoms with E-state index in [1.165, 1.54) is 18.6 Å². The highest BCUT2D eigenvalue weighted by molar-refractivity contribution is 5.92. The van der Waals surface area contributed by atoms with Crippen molar-refractivity contribution in [3.63, 3.8) is 0 Å². The molecule has 0 aliphatic heterocycles. The molecule has 0 aromatic carbocycles. The largest absolute Gasteiger partial charge is 0.480 e. The second-order valence-corrected chi connectivity index (χ2v) is 5.46. The molecule has 0 saturated heterocycles. The Morgan fingerprint density at radius 1 is 1.33 bits per heavy atom. The topological polar surface area (TPSA) is 118 Å². The maximum absolute atomic E-state index is 12.0. The van der Waals surface area contributed by atoms with Crippen LogP contribution in [0.5, 0.6) is 0 Å². The lowest BCUT2D eigenvalue weighted by molar-refractivity contribution is -0.139. The van der Waals surface area contributed by atoms with Gasteiger partial charge in [-0.25, -0.2) is 4.98 Å². The van der Waals surface area contributed by atoms with Crippen LogP contribution in [0.25, 0.3) is 0 Å². The first-order chi connectivity index (χ1) is 10.1. The highest BCUT2D eigenvalue weighted by atomic mass is 16.4. The fourth-order valence-corrected chi connectivity index (χ4v) is 2.68. The molecule has 21 heavy (non-hydrogen) atoms. The summed E-state index contributed by atoms with van der Waals surface area (Å²) in [7, 11) is 0. The number of aromatic nitrogens is 2. The molecule has 1 unspecified atom stereocenters. The van der Waals surface area contributed by atoms with Gasteiger partial charge in [-0.3, -0.25) is 14.6 Å². The summed E-state index contributed by atoms with van der Waals surface area (Å²) in [5.41, 5.74) is 5.87. The van der Waals surface area contributed by atoms with Gasteiger partial charge in [0.25, 0.3) is 5.91 Å². The first-order valence-electron chi connectivity index (χ1n) is 7.11. The Morgan fingerprint density at radius 2 is 2.05 bits per heavy atom. The number of nitrogens with two attached hydrogens (primary N) is 1. The first kappa shape index (κ1) is 15.4. The third-order valence-corrected chi connectivity index (χ3v) is 3.88. The van der Waals surface area contributed by atoms with E-state index in [0.29, 0.717) is 18.0 Å². The molecule has 2 rings (SSSR count). The molecule has 1 atom stereocenters. The third-order valence-electron chi connectivity index (χ3n) is 3.88. The van der Waals surface area contributed by atoms with Gasteiger partial charge >= 0.3 is 5.97 Å². The summed E-state index contributed by atoms with van der Waals surface area (Å²) < 4.78 is 0. The van der Waals surface area contributed by atoms with E-state index in [0.717, 1.165) is 25.7 Å². The maximum atomic E-state index is 12.0. The Kier molecular flexibility index (Phi) is 5.21. The molecule has 1 amide bonds. The van der Waals surface area contributed by atoms with Crippen molar-refractivity contribution >= 4 is 11.9 Å². The average Bonchev–Trinajstić information content (AvgIpc) is 2.50. The molecule has 7 heteroatoms. The van der Waals surface area contributed by atoms with E-state index in [1.54, 1.807) is 0 Å². The molecular formula is C14H20N4O3. The zero-order valence-corrected chi connectivity index (χ0v) is 11.7. The zero-order valence-electron chi connectivity index (χ0n) is 11.7. The molecule has 114 valence electrons. The van der Waals surface area contributed by atoms with Crippen LogP contribution in [0.4, 0.5) is 0 Å². The van der Waals surface area contributed by atoms with Gasteiger partial charge in [0.2, 0.25) is 0 Å². The summed E-state index contributed by atoms with van der Waals surface area (Å²) in [4.78, 5) is 30.5.